The van der Waals surface area contributed by atoms with E-state index >= 15 is 0 Å². The molecule has 0 heterocycles. The van der Waals surface area contributed by atoms with Gasteiger partial charge in [-0.05, 0) is 49.4 Å². The van der Waals surface area contributed by atoms with E-state index in [9.17, 15) is 43.2 Å². The third-order valence-electron chi connectivity index (χ3n) is 17.2. The number of unbranched alkanes of at least 4 members (excludes halogenated alkanes) is 35. The number of hydrogen-bond donors (Lipinski definition) is 3. The summed E-state index contributed by atoms with van der Waals surface area (Å²) in [6.45, 7) is 14.1. The second-order valence-corrected chi connectivity index (χ2v) is 30.9. The molecule has 0 aliphatic heterocycles. The van der Waals surface area contributed by atoms with Gasteiger partial charge in [0, 0.05) is 25.7 Å². The minimum Gasteiger partial charge on any atom is -0.462 e. The Morgan fingerprint density at radius 1 is 0.304 bits per heavy atom. The van der Waals surface area contributed by atoms with E-state index in [1.165, 1.54) is 161 Å². The molecule has 0 rings (SSSR count). The highest BCUT2D eigenvalue weighted by molar-refractivity contribution is 7.47. The van der Waals surface area contributed by atoms with Crippen LogP contribution >= 0.6 is 15.6 Å². The molecule has 0 aliphatic rings. The third-order valence-corrected chi connectivity index (χ3v) is 19.1. The quantitative estimate of drug-likeness (QED) is 0.0222. The highest BCUT2D eigenvalue weighted by Gasteiger charge is 2.30. The second kappa shape index (κ2) is 62.6. The summed E-state index contributed by atoms with van der Waals surface area (Å²) in [4.78, 5) is 72.6. The topological polar surface area (TPSA) is 237 Å². The van der Waals surface area contributed by atoms with Crippen molar-refractivity contribution in [2.75, 3.05) is 39.6 Å². The Kier molecular flexibility index (Phi) is 61.3. The predicted octanol–water partition coefficient (Wildman–Crippen LogP) is 20.9. The van der Waals surface area contributed by atoms with Crippen LogP contribution in [0.25, 0.3) is 0 Å². The molecule has 0 radical (unpaired) electrons. The van der Waals surface area contributed by atoms with Gasteiger partial charge in [-0.1, -0.05) is 312 Å². The molecule has 92 heavy (non-hydrogen) atoms. The van der Waals surface area contributed by atoms with Gasteiger partial charge in [0.1, 0.15) is 19.3 Å². The van der Waals surface area contributed by atoms with Crippen molar-refractivity contribution in [1.29, 1.82) is 0 Å². The predicted molar refractivity (Wildman–Crippen MR) is 372 cm³/mol. The van der Waals surface area contributed by atoms with E-state index in [1.807, 2.05) is 0 Å². The molecule has 0 aromatic heterocycles. The zero-order valence-corrected chi connectivity index (χ0v) is 62.0. The number of carbonyl (C=O) groups excluding carboxylic acids is 4. The van der Waals surface area contributed by atoms with E-state index in [0.29, 0.717) is 31.6 Å². The van der Waals surface area contributed by atoms with Gasteiger partial charge in [0.2, 0.25) is 0 Å². The van der Waals surface area contributed by atoms with Gasteiger partial charge in [0.05, 0.1) is 26.4 Å². The minimum atomic E-state index is -4.95. The van der Waals surface area contributed by atoms with Crippen LogP contribution in [0.15, 0.2) is 0 Å². The van der Waals surface area contributed by atoms with Crippen molar-refractivity contribution in [3.05, 3.63) is 0 Å². The molecule has 0 saturated carbocycles. The number of hydrogen-bond acceptors (Lipinski definition) is 15. The zero-order valence-electron chi connectivity index (χ0n) is 60.2. The SMILES string of the molecule is CCC(C)CCCCCCCCC(=O)OC[C@H](COP(=O)(O)OC[C@H](O)COP(=O)(O)OC[C@@H](COC(=O)CCCCCCCCCCC(C)C)OC(=O)CCCCCCCCCC(C)C)OC(=O)CCCCCCCCCCCCCCCCCCCCC(C)C. The fourth-order valence-corrected chi connectivity index (χ4v) is 12.6. The van der Waals surface area contributed by atoms with E-state index in [2.05, 4.69) is 55.4 Å². The third kappa shape index (κ3) is 65.4. The summed E-state index contributed by atoms with van der Waals surface area (Å²) in [5, 5.41) is 10.6. The van der Waals surface area contributed by atoms with Crippen LogP contribution in [0.5, 0.6) is 0 Å². The zero-order chi connectivity index (χ0) is 68.2. The monoisotopic (exact) mass is 1350 g/mol. The van der Waals surface area contributed by atoms with Crippen LogP contribution in [-0.4, -0.2) is 96.7 Å². The lowest BCUT2D eigenvalue weighted by molar-refractivity contribution is -0.161. The normalized spacial score (nSPS) is 14.5. The number of phosphoric ester groups is 2. The summed E-state index contributed by atoms with van der Waals surface area (Å²) in [6.07, 6.45) is 46.2. The summed E-state index contributed by atoms with van der Waals surface area (Å²) < 4.78 is 68.3. The molecule has 546 valence electrons. The van der Waals surface area contributed by atoms with Crippen molar-refractivity contribution >= 4 is 39.5 Å². The maximum atomic E-state index is 13.0. The first-order chi connectivity index (χ1) is 44.1. The average molecular weight is 1350 g/mol. The van der Waals surface area contributed by atoms with Gasteiger partial charge < -0.3 is 33.8 Å². The Balaban J connectivity index is 5.17. The molecule has 3 N–H and O–H groups in total. The van der Waals surface area contributed by atoms with Gasteiger partial charge in [-0.3, -0.25) is 37.3 Å². The number of esters is 4. The molecule has 0 saturated heterocycles. The first-order valence-electron chi connectivity index (χ1n) is 37.7. The van der Waals surface area contributed by atoms with Crippen LogP contribution in [0.1, 0.15) is 364 Å². The number of carbonyl (C=O) groups is 4. The van der Waals surface area contributed by atoms with Crippen molar-refractivity contribution in [3.8, 4) is 0 Å². The van der Waals surface area contributed by atoms with Crippen LogP contribution in [0.3, 0.4) is 0 Å². The molecule has 3 unspecified atom stereocenters. The van der Waals surface area contributed by atoms with Gasteiger partial charge >= 0.3 is 39.5 Å². The van der Waals surface area contributed by atoms with Gasteiger partial charge in [-0.2, -0.15) is 0 Å². The molecule has 19 heteroatoms. The van der Waals surface area contributed by atoms with Crippen molar-refractivity contribution in [3.63, 3.8) is 0 Å². The molecule has 0 fully saturated rings. The average Bonchev–Trinajstić information content (AvgIpc) is 2.44. The van der Waals surface area contributed by atoms with Crippen molar-refractivity contribution in [2.45, 2.75) is 382 Å². The highest BCUT2D eigenvalue weighted by Crippen LogP contribution is 2.45. The summed E-state index contributed by atoms with van der Waals surface area (Å²) in [5.74, 6) is 0.843. The summed E-state index contributed by atoms with van der Waals surface area (Å²) in [5.41, 5.74) is 0. The van der Waals surface area contributed by atoms with Crippen LogP contribution in [0, 0.1) is 23.7 Å². The summed E-state index contributed by atoms with van der Waals surface area (Å²) >= 11 is 0. The Labute approximate surface area is 562 Å². The van der Waals surface area contributed by atoms with E-state index in [1.54, 1.807) is 0 Å². The number of ether oxygens (including phenoxy) is 4. The largest absolute Gasteiger partial charge is 0.472 e. The number of rotatable bonds is 70. The fourth-order valence-electron chi connectivity index (χ4n) is 11.0. The summed E-state index contributed by atoms with van der Waals surface area (Å²) in [6, 6.07) is 0. The van der Waals surface area contributed by atoms with E-state index in [4.69, 9.17) is 37.0 Å². The Morgan fingerprint density at radius 3 is 0.772 bits per heavy atom. The first kappa shape index (κ1) is 90.1. The van der Waals surface area contributed by atoms with Crippen LogP contribution in [-0.2, 0) is 65.4 Å². The maximum absolute atomic E-state index is 13.0. The van der Waals surface area contributed by atoms with E-state index in [0.717, 1.165) is 114 Å². The molecule has 0 bridgehead atoms. The molecule has 0 spiro atoms. The minimum absolute atomic E-state index is 0.102. The highest BCUT2D eigenvalue weighted by atomic mass is 31.2. The van der Waals surface area contributed by atoms with Crippen molar-refractivity contribution < 1.29 is 80.2 Å². The molecular weight excluding hydrogens is 1210 g/mol. The van der Waals surface area contributed by atoms with Gasteiger partial charge in [0.25, 0.3) is 0 Å². The molecule has 0 aromatic carbocycles. The fraction of sp³-hybridized carbons (Fsp3) is 0.945. The van der Waals surface area contributed by atoms with E-state index < -0.39 is 97.5 Å². The molecular formula is C73H142O17P2. The van der Waals surface area contributed by atoms with Crippen molar-refractivity contribution in [1.82, 2.24) is 0 Å². The number of phosphoric acid groups is 2. The van der Waals surface area contributed by atoms with Gasteiger partial charge in [0.15, 0.2) is 12.2 Å². The Morgan fingerprint density at radius 2 is 0.522 bits per heavy atom. The summed E-state index contributed by atoms with van der Waals surface area (Å²) in [7, 11) is -9.90. The molecule has 17 nitrogen and oxygen atoms in total. The lowest BCUT2D eigenvalue weighted by Gasteiger charge is -2.21. The van der Waals surface area contributed by atoms with Gasteiger partial charge in [-0.15, -0.1) is 0 Å². The van der Waals surface area contributed by atoms with Gasteiger partial charge in [-0.25, -0.2) is 9.13 Å². The van der Waals surface area contributed by atoms with E-state index in [-0.39, 0.29) is 25.7 Å². The Hall–Kier alpha value is -1.94. The molecule has 0 amide bonds. The van der Waals surface area contributed by atoms with Crippen LogP contribution < -0.4 is 0 Å². The Bertz CT molecular complexity index is 1820. The maximum Gasteiger partial charge on any atom is 0.472 e. The lowest BCUT2D eigenvalue weighted by Crippen LogP contribution is -2.30. The second-order valence-electron chi connectivity index (χ2n) is 28.0. The van der Waals surface area contributed by atoms with Crippen molar-refractivity contribution in [2.24, 2.45) is 23.7 Å². The molecule has 6 atom stereocenters. The van der Waals surface area contributed by atoms with Crippen LogP contribution in [0.4, 0.5) is 0 Å². The standard InChI is InChI=1S/C73H142O17P2/c1-9-66(8)52-44-36-31-32-38-46-54-71(76)84-60-69(89-72(77)55-47-39-29-21-19-17-15-13-11-10-12-14-16-18-20-25-33-41-49-63(2)3)62-88-92(81,82)86-58-67(74)57-85-91(79,80)87-61-68(90-73(78)56-48-40-30-24-27-35-43-51-65(6)7)59-83-70(75)53-45-37-28-23-22-26-34-42-50-64(4)5/h63-69,74H,9-62H2,1-8H3,(H,79,80)(H,81,82)/t66?,67-,68-,69-/m1/s1. The number of aliphatic hydroxyl groups is 1. The molecule has 0 aromatic rings. The smallest absolute Gasteiger partial charge is 0.462 e. The molecule has 0 aliphatic carbocycles. The van der Waals surface area contributed by atoms with Crippen LogP contribution in [0.2, 0.25) is 0 Å². The lowest BCUT2D eigenvalue weighted by atomic mass is 10.00. The number of aliphatic hydroxyl groups excluding tert-OH is 1. The first-order valence-corrected chi connectivity index (χ1v) is 40.7.